The lowest BCUT2D eigenvalue weighted by Gasteiger charge is -2.00. The normalized spacial score (nSPS) is 18.3. The SMILES string of the molecule is COCCCC(C)=CCC1CC1. The van der Waals surface area contributed by atoms with Gasteiger partial charge in [0.05, 0.1) is 0 Å². The maximum atomic E-state index is 5.00. The Bertz CT molecular complexity index is 145. The summed E-state index contributed by atoms with van der Waals surface area (Å²) in [6.45, 7) is 3.13. The monoisotopic (exact) mass is 168 g/mol. The second kappa shape index (κ2) is 5.36. The van der Waals surface area contributed by atoms with Crippen LogP contribution in [0, 0.1) is 5.92 Å². The van der Waals surface area contributed by atoms with Crippen molar-refractivity contribution in [2.45, 2.75) is 39.0 Å². The highest BCUT2D eigenvalue weighted by Crippen LogP contribution is 2.33. The minimum atomic E-state index is 0.897. The molecule has 0 unspecified atom stereocenters. The zero-order valence-electron chi connectivity index (χ0n) is 8.31. The Balaban J connectivity index is 1.99. The summed E-state index contributed by atoms with van der Waals surface area (Å²) in [6, 6.07) is 0. The van der Waals surface area contributed by atoms with Crippen molar-refractivity contribution in [2.75, 3.05) is 13.7 Å². The topological polar surface area (TPSA) is 9.23 Å². The van der Waals surface area contributed by atoms with Crippen LogP contribution in [0.3, 0.4) is 0 Å². The van der Waals surface area contributed by atoms with Crippen molar-refractivity contribution in [1.82, 2.24) is 0 Å². The number of ether oxygens (including phenoxy) is 1. The van der Waals surface area contributed by atoms with Crippen LogP contribution in [0.5, 0.6) is 0 Å². The molecule has 0 aromatic rings. The summed E-state index contributed by atoms with van der Waals surface area (Å²) in [4.78, 5) is 0. The Morgan fingerprint density at radius 2 is 2.25 bits per heavy atom. The van der Waals surface area contributed by atoms with Crippen LogP contribution in [0.4, 0.5) is 0 Å². The van der Waals surface area contributed by atoms with Crippen LogP contribution in [0.15, 0.2) is 11.6 Å². The quantitative estimate of drug-likeness (QED) is 0.437. The smallest absolute Gasteiger partial charge is 0.0465 e. The fourth-order valence-corrected chi connectivity index (χ4v) is 1.32. The van der Waals surface area contributed by atoms with Gasteiger partial charge in [0.15, 0.2) is 0 Å². The van der Waals surface area contributed by atoms with Crippen molar-refractivity contribution in [1.29, 1.82) is 0 Å². The summed E-state index contributed by atoms with van der Waals surface area (Å²) >= 11 is 0. The lowest BCUT2D eigenvalue weighted by molar-refractivity contribution is 0.195. The van der Waals surface area contributed by atoms with Gasteiger partial charge in [-0.15, -0.1) is 0 Å². The van der Waals surface area contributed by atoms with Crippen LogP contribution in [0.25, 0.3) is 0 Å². The number of rotatable bonds is 6. The molecule has 1 nitrogen and oxygen atoms in total. The molecule has 1 aliphatic carbocycles. The van der Waals surface area contributed by atoms with Gasteiger partial charge in [-0.3, -0.25) is 0 Å². The fourth-order valence-electron chi connectivity index (χ4n) is 1.32. The minimum Gasteiger partial charge on any atom is -0.385 e. The van der Waals surface area contributed by atoms with Crippen molar-refractivity contribution in [2.24, 2.45) is 5.92 Å². The summed E-state index contributed by atoms with van der Waals surface area (Å²) in [5, 5.41) is 0. The highest BCUT2D eigenvalue weighted by molar-refractivity contribution is 5.00. The van der Waals surface area contributed by atoms with Crippen molar-refractivity contribution in [3.8, 4) is 0 Å². The van der Waals surface area contributed by atoms with E-state index < -0.39 is 0 Å². The van der Waals surface area contributed by atoms with E-state index in [2.05, 4.69) is 13.0 Å². The standard InChI is InChI=1S/C11H20O/c1-10(4-3-9-12-2)5-6-11-7-8-11/h5,11H,3-4,6-9H2,1-2H3. The summed E-state index contributed by atoms with van der Waals surface area (Å²) in [6.07, 6.45) is 9.03. The third-order valence-corrected chi connectivity index (χ3v) is 2.42. The van der Waals surface area contributed by atoms with Gasteiger partial charge in [0.2, 0.25) is 0 Å². The van der Waals surface area contributed by atoms with E-state index in [1.165, 1.54) is 32.1 Å². The molecule has 0 amide bonds. The molecular formula is C11H20O. The molecule has 0 spiro atoms. The highest BCUT2D eigenvalue weighted by atomic mass is 16.5. The zero-order valence-corrected chi connectivity index (χ0v) is 8.31. The van der Waals surface area contributed by atoms with Crippen LogP contribution in [-0.4, -0.2) is 13.7 Å². The summed E-state index contributed by atoms with van der Waals surface area (Å²) in [5.74, 6) is 1.03. The van der Waals surface area contributed by atoms with Crippen LogP contribution >= 0.6 is 0 Å². The number of hydrogen-bond acceptors (Lipinski definition) is 1. The molecule has 0 heterocycles. The largest absolute Gasteiger partial charge is 0.385 e. The van der Waals surface area contributed by atoms with Gasteiger partial charge < -0.3 is 4.74 Å². The van der Waals surface area contributed by atoms with Gasteiger partial charge in [0.25, 0.3) is 0 Å². The molecule has 0 bridgehead atoms. The molecule has 0 radical (unpaired) electrons. The third kappa shape index (κ3) is 4.55. The predicted octanol–water partition coefficient (Wildman–Crippen LogP) is 3.16. The molecule has 1 heteroatoms. The molecule has 70 valence electrons. The van der Waals surface area contributed by atoms with E-state index in [4.69, 9.17) is 4.74 Å². The van der Waals surface area contributed by atoms with Gasteiger partial charge in [-0.05, 0) is 44.9 Å². The fraction of sp³-hybridized carbons (Fsp3) is 0.818. The van der Waals surface area contributed by atoms with E-state index in [0.717, 1.165) is 12.5 Å². The first-order valence-corrected chi connectivity index (χ1v) is 4.97. The number of allylic oxidation sites excluding steroid dienone is 2. The van der Waals surface area contributed by atoms with Gasteiger partial charge >= 0.3 is 0 Å². The third-order valence-electron chi connectivity index (χ3n) is 2.42. The maximum absolute atomic E-state index is 5.00. The summed E-state index contributed by atoms with van der Waals surface area (Å²) in [5.41, 5.74) is 1.54. The van der Waals surface area contributed by atoms with Crippen LogP contribution < -0.4 is 0 Å². The van der Waals surface area contributed by atoms with Crippen LogP contribution in [0.2, 0.25) is 0 Å². The lowest BCUT2D eigenvalue weighted by Crippen LogP contribution is -1.88. The molecule has 1 saturated carbocycles. The second-order valence-electron chi connectivity index (χ2n) is 3.83. The molecule has 0 aromatic carbocycles. The molecule has 1 fully saturated rings. The minimum absolute atomic E-state index is 0.897. The van der Waals surface area contributed by atoms with Crippen LogP contribution in [0.1, 0.15) is 39.0 Å². The first-order chi connectivity index (χ1) is 5.83. The van der Waals surface area contributed by atoms with E-state index in [1.54, 1.807) is 12.7 Å². The molecule has 1 rings (SSSR count). The molecule has 0 aliphatic heterocycles. The van der Waals surface area contributed by atoms with Gasteiger partial charge in [-0.25, -0.2) is 0 Å². The average Bonchev–Trinajstić information content (AvgIpc) is 2.84. The molecule has 0 saturated heterocycles. The first kappa shape index (κ1) is 9.79. The lowest BCUT2D eigenvalue weighted by atomic mass is 10.1. The summed E-state index contributed by atoms with van der Waals surface area (Å²) < 4.78 is 5.00. The molecule has 0 N–H and O–H groups in total. The zero-order chi connectivity index (χ0) is 8.81. The molecule has 12 heavy (non-hydrogen) atoms. The molecule has 0 aromatic heterocycles. The van der Waals surface area contributed by atoms with Gasteiger partial charge in [-0.1, -0.05) is 11.6 Å². The molecular weight excluding hydrogens is 148 g/mol. The maximum Gasteiger partial charge on any atom is 0.0465 e. The summed E-state index contributed by atoms with van der Waals surface area (Å²) in [7, 11) is 1.77. The Labute approximate surface area is 75.8 Å². The van der Waals surface area contributed by atoms with E-state index >= 15 is 0 Å². The second-order valence-corrected chi connectivity index (χ2v) is 3.83. The van der Waals surface area contributed by atoms with E-state index in [0.29, 0.717) is 0 Å². The average molecular weight is 168 g/mol. The van der Waals surface area contributed by atoms with E-state index in [1.807, 2.05) is 0 Å². The Hall–Kier alpha value is -0.300. The van der Waals surface area contributed by atoms with Crippen molar-refractivity contribution in [3.63, 3.8) is 0 Å². The van der Waals surface area contributed by atoms with E-state index in [9.17, 15) is 0 Å². The number of methoxy groups -OCH3 is 1. The number of hydrogen-bond donors (Lipinski definition) is 0. The molecule has 1 aliphatic rings. The van der Waals surface area contributed by atoms with Gasteiger partial charge in [-0.2, -0.15) is 0 Å². The predicted molar refractivity (Wildman–Crippen MR) is 52.2 cm³/mol. The Morgan fingerprint density at radius 3 is 2.83 bits per heavy atom. The van der Waals surface area contributed by atoms with Crippen molar-refractivity contribution >= 4 is 0 Å². The van der Waals surface area contributed by atoms with Crippen molar-refractivity contribution in [3.05, 3.63) is 11.6 Å². The Kier molecular flexibility index (Phi) is 4.37. The van der Waals surface area contributed by atoms with Gasteiger partial charge in [0, 0.05) is 13.7 Å². The Morgan fingerprint density at radius 1 is 1.50 bits per heavy atom. The van der Waals surface area contributed by atoms with Crippen LogP contribution in [-0.2, 0) is 4.74 Å². The molecule has 0 atom stereocenters. The van der Waals surface area contributed by atoms with Crippen molar-refractivity contribution < 1.29 is 4.74 Å². The first-order valence-electron chi connectivity index (χ1n) is 4.97. The van der Waals surface area contributed by atoms with E-state index in [-0.39, 0.29) is 0 Å². The van der Waals surface area contributed by atoms with Gasteiger partial charge in [0.1, 0.15) is 0 Å². The highest BCUT2D eigenvalue weighted by Gasteiger charge is 2.19.